The zero-order chi connectivity index (χ0) is 21.1. The summed E-state index contributed by atoms with van der Waals surface area (Å²) in [6.07, 6.45) is 1.39. The van der Waals surface area contributed by atoms with Crippen LogP contribution in [-0.2, 0) is 11.3 Å². The number of likely N-dealkylation sites (tertiary alicyclic amines) is 1. The summed E-state index contributed by atoms with van der Waals surface area (Å²) in [5.74, 6) is 2.03. The van der Waals surface area contributed by atoms with E-state index in [9.17, 15) is 4.79 Å². The quantitative estimate of drug-likeness (QED) is 0.572. The topological polar surface area (TPSA) is 68.5 Å². The highest BCUT2D eigenvalue weighted by atomic mass is 16.5. The Bertz CT molecular complexity index is 1030. The third-order valence-electron chi connectivity index (χ3n) is 5.54. The second kappa shape index (κ2) is 8.69. The minimum absolute atomic E-state index is 0.0475. The molecule has 1 aliphatic rings. The number of carbonyl (C=O) groups is 1. The molecule has 156 valence electrons. The van der Waals surface area contributed by atoms with Crippen molar-refractivity contribution in [2.24, 2.45) is 0 Å². The van der Waals surface area contributed by atoms with Crippen molar-refractivity contribution in [3.05, 3.63) is 65.0 Å². The van der Waals surface area contributed by atoms with Crippen LogP contribution in [0.4, 0.5) is 0 Å². The highest BCUT2D eigenvalue weighted by Gasteiger charge is 2.33. The molecule has 1 aliphatic heterocycles. The molecule has 30 heavy (non-hydrogen) atoms. The molecule has 0 spiro atoms. The molecule has 0 radical (unpaired) electrons. The monoisotopic (exact) mass is 405 g/mol. The van der Waals surface area contributed by atoms with Crippen molar-refractivity contribution >= 4 is 5.91 Å². The van der Waals surface area contributed by atoms with Gasteiger partial charge in [0.1, 0.15) is 5.75 Å². The maximum atomic E-state index is 12.5. The molecule has 0 saturated carbocycles. The standard InChI is InChI=1S/C24H27N3O3/c1-4-11-29-21-9-6-18(7-10-21)14-27-15-20(13-22(27)28)23-25-24(30-26-23)19-8-5-16(2)17(3)12-19/h5-10,12,20H,4,11,13-15H2,1-3H3. The van der Waals surface area contributed by atoms with E-state index in [1.165, 1.54) is 11.1 Å². The maximum absolute atomic E-state index is 12.5. The van der Waals surface area contributed by atoms with Gasteiger partial charge < -0.3 is 14.2 Å². The van der Waals surface area contributed by atoms with E-state index in [1.54, 1.807) is 0 Å². The molecule has 3 aromatic rings. The van der Waals surface area contributed by atoms with Gasteiger partial charge in [-0.05, 0) is 61.2 Å². The summed E-state index contributed by atoms with van der Waals surface area (Å²) < 4.78 is 11.1. The lowest BCUT2D eigenvalue weighted by molar-refractivity contribution is -0.128. The molecule has 1 saturated heterocycles. The van der Waals surface area contributed by atoms with Gasteiger partial charge in [-0.1, -0.05) is 30.3 Å². The summed E-state index contributed by atoms with van der Waals surface area (Å²) in [7, 11) is 0. The Morgan fingerprint density at radius 2 is 1.93 bits per heavy atom. The third-order valence-corrected chi connectivity index (χ3v) is 5.54. The molecule has 4 rings (SSSR count). The van der Waals surface area contributed by atoms with Crippen LogP contribution in [0.15, 0.2) is 47.0 Å². The van der Waals surface area contributed by atoms with E-state index in [4.69, 9.17) is 9.26 Å². The minimum atomic E-state index is -0.0475. The van der Waals surface area contributed by atoms with Crippen LogP contribution in [0, 0.1) is 13.8 Å². The lowest BCUT2D eigenvalue weighted by Gasteiger charge is -2.16. The van der Waals surface area contributed by atoms with Gasteiger partial charge in [0.05, 0.1) is 6.61 Å². The van der Waals surface area contributed by atoms with Gasteiger partial charge >= 0.3 is 0 Å². The fraction of sp³-hybridized carbons (Fsp3) is 0.375. The maximum Gasteiger partial charge on any atom is 0.257 e. The Hall–Kier alpha value is -3.15. The number of hydrogen-bond donors (Lipinski definition) is 0. The first-order chi connectivity index (χ1) is 14.5. The van der Waals surface area contributed by atoms with Crippen LogP contribution in [0.5, 0.6) is 5.75 Å². The Morgan fingerprint density at radius 1 is 1.13 bits per heavy atom. The molecule has 0 N–H and O–H groups in total. The molecule has 1 atom stereocenters. The predicted octanol–water partition coefficient (Wildman–Crippen LogP) is 4.66. The number of benzene rings is 2. The average molecular weight is 405 g/mol. The molecule has 1 aromatic heterocycles. The Balaban J connectivity index is 1.41. The van der Waals surface area contributed by atoms with Crippen molar-refractivity contribution in [2.75, 3.05) is 13.2 Å². The van der Waals surface area contributed by atoms with E-state index < -0.39 is 0 Å². The van der Waals surface area contributed by atoms with Crippen LogP contribution in [0.1, 0.15) is 48.2 Å². The summed E-state index contributed by atoms with van der Waals surface area (Å²) in [4.78, 5) is 19.0. The number of aryl methyl sites for hydroxylation is 2. The molecule has 6 nitrogen and oxygen atoms in total. The van der Waals surface area contributed by atoms with E-state index in [2.05, 4.69) is 30.9 Å². The van der Waals surface area contributed by atoms with Crippen LogP contribution in [0.25, 0.3) is 11.5 Å². The highest BCUT2D eigenvalue weighted by Crippen LogP contribution is 2.30. The number of aromatic nitrogens is 2. The molecule has 6 heteroatoms. The molecule has 0 bridgehead atoms. The van der Waals surface area contributed by atoms with Gasteiger partial charge in [-0.2, -0.15) is 4.98 Å². The minimum Gasteiger partial charge on any atom is -0.494 e. The van der Waals surface area contributed by atoms with E-state index in [1.807, 2.05) is 47.4 Å². The van der Waals surface area contributed by atoms with Crippen LogP contribution in [0.2, 0.25) is 0 Å². The van der Waals surface area contributed by atoms with E-state index in [0.717, 1.165) is 23.3 Å². The van der Waals surface area contributed by atoms with Crippen molar-refractivity contribution in [3.63, 3.8) is 0 Å². The van der Waals surface area contributed by atoms with Gasteiger partial charge in [0.2, 0.25) is 5.91 Å². The summed E-state index contributed by atoms with van der Waals surface area (Å²) in [6, 6.07) is 14.0. The van der Waals surface area contributed by atoms with Gasteiger partial charge in [-0.25, -0.2) is 0 Å². The first-order valence-electron chi connectivity index (χ1n) is 10.4. The molecular formula is C24H27N3O3. The van der Waals surface area contributed by atoms with Crippen LogP contribution in [0.3, 0.4) is 0 Å². The van der Waals surface area contributed by atoms with Crippen molar-refractivity contribution < 1.29 is 14.1 Å². The second-order valence-corrected chi connectivity index (χ2v) is 7.92. The Labute approximate surface area is 176 Å². The zero-order valence-electron chi connectivity index (χ0n) is 17.7. The van der Waals surface area contributed by atoms with Crippen molar-refractivity contribution in [1.82, 2.24) is 15.0 Å². The van der Waals surface area contributed by atoms with Crippen LogP contribution in [-0.4, -0.2) is 34.1 Å². The molecule has 2 aromatic carbocycles. The van der Waals surface area contributed by atoms with Gasteiger partial charge in [-0.15, -0.1) is 0 Å². The van der Waals surface area contributed by atoms with Crippen molar-refractivity contribution in [1.29, 1.82) is 0 Å². The number of ether oxygens (including phenoxy) is 1. The van der Waals surface area contributed by atoms with E-state index >= 15 is 0 Å². The SMILES string of the molecule is CCCOc1ccc(CN2CC(c3noc(-c4ccc(C)c(C)c4)n3)CC2=O)cc1. The van der Waals surface area contributed by atoms with E-state index in [-0.39, 0.29) is 11.8 Å². The highest BCUT2D eigenvalue weighted by molar-refractivity contribution is 5.79. The fourth-order valence-electron chi connectivity index (χ4n) is 3.62. The molecule has 1 unspecified atom stereocenters. The fourth-order valence-corrected chi connectivity index (χ4v) is 3.62. The van der Waals surface area contributed by atoms with Crippen LogP contribution >= 0.6 is 0 Å². The Kier molecular flexibility index (Phi) is 5.84. The summed E-state index contributed by atoms with van der Waals surface area (Å²) in [5.41, 5.74) is 4.39. The lowest BCUT2D eigenvalue weighted by Crippen LogP contribution is -2.24. The van der Waals surface area contributed by atoms with E-state index in [0.29, 0.717) is 37.8 Å². The normalized spacial score (nSPS) is 16.3. The Morgan fingerprint density at radius 3 is 2.67 bits per heavy atom. The van der Waals surface area contributed by atoms with Gasteiger partial charge in [-0.3, -0.25) is 4.79 Å². The first kappa shape index (κ1) is 20.1. The predicted molar refractivity (Wildman–Crippen MR) is 114 cm³/mol. The van der Waals surface area contributed by atoms with Gasteiger partial charge in [0.15, 0.2) is 5.82 Å². The molecule has 2 heterocycles. The summed E-state index contributed by atoms with van der Waals surface area (Å²) in [6.45, 7) is 8.10. The van der Waals surface area contributed by atoms with Gasteiger partial charge in [0, 0.05) is 31.0 Å². The number of hydrogen-bond acceptors (Lipinski definition) is 5. The zero-order valence-corrected chi connectivity index (χ0v) is 17.7. The molecule has 1 amide bonds. The molecule has 1 fully saturated rings. The van der Waals surface area contributed by atoms with Crippen molar-refractivity contribution in [2.45, 2.75) is 46.1 Å². The number of nitrogens with zero attached hydrogens (tertiary/aromatic N) is 3. The average Bonchev–Trinajstić information content (AvgIpc) is 3.37. The largest absolute Gasteiger partial charge is 0.494 e. The number of rotatable bonds is 7. The molecular weight excluding hydrogens is 378 g/mol. The molecule has 0 aliphatic carbocycles. The third kappa shape index (κ3) is 4.37. The number of amides is 1. The lowest BCUT2D eigenvalue weighted by atomic mass is 10.1. The summed E-state index contributed by atoms with van der Waals surface area (Å²) >= 11 is 0. The van der Waals surface area contributed by atoms with Gasteiger partial charge in [0.25, 0.3) is 5.89 Å². The smallest absolute Gasteiger partial charge is 0.257 e. The number of carbonyl (C=O) groups excluding carboxylic acids is 1. The second-order valence-electron chi connectivity index (χ2n) is 7.92. The van der Waals surface area contributed by atoms with Crippen molar-refractivity contribution in [3.8, 4) is 17.2 Å². The summed E-state index contributed by atoms with van der Waals surface area (Å²) in [5, 5.41) is 4.16. The first-order valence-corrected chi connectivity index (χ1v) is 10.4. The van der Waals surface area contributed by atoms with Crippen LogP contribution < -0.4 is 4.74 Å².